The maximum atomic E-state index is 11.4. The summed E-state index contributed by atoms with van der Waals surface area (Å²) in [6.45, 7) is 5.01. The van der Waals surface area contributed by atoms with E-state index in [9.17, 15) is 9.90 Å². The minimum atomic E-state index is -0.518. The van der Waals surface area contributed by atoms with Crippen molar-refractivity contribution in [2.45, 2.75) is 123 Å². The molecule has 0 rings (SSSR count). The lowest BCUT2D eigenvalue weighted by atomic mass is 10.0. The zero-order chi connectivity index (χ0) is 20.0. The van der Waals surface area contributed by atoms with Crippen molar-refractivity contribution >= 4 is 5.97 Å². The zero-order valence-corrected chi connectivity index (χ0v) is 18.2. The van der Waals surface area contributed by atoms with Gasteiger partial charge in [0.25, 0.3) is 0 Å². The van der Waals surface area contributed by atoms with Crippen molar-refractivity contribution in [3.8, 4) is 0 Å². The van der Waals surface area contributed by atoms with Crippen LogP contribution in [0.25, 0.3) is 0 Å². The highest BCUT2D eigenvalue weighted by molar-refractivity contribution is 5.69. The molecule has 0 saturated carbocycles. The Hall–Kier alpha value is -0.610. The minimum absolute atomic E-state index is 0.172. The summed E-state index contributed by atoms with van der Waals surface area (Å²) in [4.78, 5) is 11.4. The molecule has 0 saturated heterocycles. The van der Waals surface area contributed by atoms with Crippen molar-refractivity contribution in [2.75, 3.05) is 19.8 Å². The van der Waals surface area contributed by atoms with Crippen molar-refractivity contribution in [3.63, 3.8) is 0 Å². The maximum Gasteiger partial charge on any atom is 0.306 e. The van der Waals surface area contributed by atoms with Crippen LogP contribution in [0.3, 0.4) is 0 Å². The lowest BCUT2D eigenvalue weighted by Gasteiger charge is -2.15. The third-order valence-electron chi connectivity index (χ3n) is 4.90. The van der Waals surface area contributed by atoms with E-state index in [1.807, 2.05) is 6.92 Å². The number of rotatable bonds is 21. The third kappa shape index (κ3) is 19.9. The van der Waals surface area contributed by atoms with E-state index in [1.54, 1.807) is 0 Å². The molecular formula is C23H46O4. The van der Waals surface area contributed by atoms with Gasteiger partial charge in [0, 0.05) is 13.0 Å². The molecule has 0 bridgehead atoms. The number of hydrogen-bond acceptors (Lipinski definition) is 4. The lowest BCUT2D eigenvalue weighted by Crippen LogP contribution is -2.27. The molecule has 0 radical (unpaired) electrons. The van der Waals surface area contributed by atoms with Crippen LogP contribution in [0.1, 0.15) is 117 Å². The molecule has 0 fully saturated rings. The van der Waals surface area contributed by atoms with Crippen LogP contribution in [-0.4, -0.2) is 37.0 Å². The second-order valence-corrected chi connectivity index (χ2v) is 7.72. The van der Waals surface area contributed by atoms with Crippen molar-refractivity contribution in [1.82, 2.24) is 0 Å². The van der Waals surface area contributed by atoms with Crippen LogP contribution in [0.5, 0.6) is 0 Å². The normalized spacial score (nSPS) is 12.3. The van der Waals surface area contributed by atoms with Gasteiger partial charge >= 0.3 is 5.97 Å². The smallest absolute Gasteiger partial charge is 0.306 e. The van der Waals surface area contributed by atoms with Gasteiger partial charge in [-0.05, 0) is 12.8 Å². The molecule has 0 unspecified atom stereocenters. The Balaban J connectivity index is 3.25. The van der Waals surface area contributed by atoms with Gasteiger partial charge in [0.15, 0.2) is 0 Å². The van der Waals surface area contributed by atoms with Crippen LogP contribution in [-0.2, 0) is 14.3 Å². The van der Waals surface area contributed by atoms with Crippen molar-refractivity contribution in [3.05, 3.63) is 0 Å². The van der Waals surface area contributed by atoms with Crippen molar-refractivity contribution in [1.29, 1.82) is 0 Å². The topological polar surface area (TPSA) is 55.8 Å². The van der Waals surface area contributed by atoms with E-state index >= 15 is 0 Å². The van der Waals surface area contributed by atoms with E-state index in [0.29, 0.717) is 19.6 Å². The van der Waals surface area contributed by atoms with Crippen LogP contribution in [0.4, 0.5) is 0 Å². The van der Waals surface area contributed by atoms with Crippen molar-refractivity contribution in [2.24, 2.45) is 0 Å². The summed E-state index contributed by atoms with van der Waals surface area (Å²) >= 11 is 0. The van der Waals surface area contributed by atoms with E-state index < -0.39 is 6.10 Å². The second kappa shape index (κ2) is 21.7. The summed E-state index contributed by atoms with van der Waals surface area (Å²) in [6.07, 6.45) is 19.5. The molecular weight excluding hydrogens is 340 g/mol. The van der Waals surface area contributed by atoms with E-state index in [4.69, 9.17) is 9.47 Å². The third-order valence-corrected chi connectivity index (χ3v) is 4.90. The first kappa shape index (κ1) is 26.4. The molecule has 0 heterocycles. The molecule has 162 valence electrons. The van der Waals surface area contributed by atoms with Gasteiger partial charge in [0.2, 0.25) is 0 Å². The maximum absolute atomic E-state index is 11.4. The molecule has 0 amide bonds. The number of hydrogen-bond donors (Lipinski definition) is 1. The zero-order valence-electron chi connectivity index (χ0n) is 18.2. The highest BCUT2D eigenvalue weighted by Gasteiger charge is 2.12. The Bertz CT molecular complexity index is 307. The van der Waals surface area contributed by atoms with Gasteiger partial charge in [0.1, 0.15) is 6.10 Å². The minimum Gasteiger partial charge on any atom is -0.457 e. The summed E-state index contributed by atoms with van der Waals surface area (Å²) < 4.78 is 10.7. The Morgan fingerprint density at radius 3 is 1.67 bits per heavy atom. The number of esters is 1. The molecule has 1 atom stereocenters. The van der Waals surface area contributed by atoms with E-state index in [1.165, 1.54) is 83.5 Å². The summed E-state index contributed by atoms with van der Waals surface area (Å²) in [5, 5.41) is 9.21. The molecule has 27 heavy (non-hydrogen) atoms. The summed E-state index contributed by atoms with van der Waals surface area (Å²) in [6, 6.07) is 0. The van der Waals surface area contributed by atoms with Gasteiger partial charge in [-0.25, -0.2) is 0 Å². The Kier molecular flexibility index (Phi) is 21.2. The van der Waals surface area contributed by atoms with Crippen LogP contribution in [0, 0.1) is 0 Å². The van der Waals surface area contributed by atoms with E-state index in [2.05, 4.69) is 6.92 Å². The monoisotopic (exact) mass is 386 g/mol. The molecule has 0 aromatic heterocycles. The van der Waals surface area contributed by atoms with Gasteiger partial charge < -0.3 is 14.6 Å². The highest BCUT2D eigenvalue weighted by Crippen LogP contribution is 2.13. The predicted molar refractivity (Wildman–Crippen MR) is 113 cm³/mol. The van der Waals surface area contributed by atoms with E-state index in [0.717, 1.165) is 12.8 Å². The first-order valence-corrected chi connectivity index (χ1v) is 11.6. The van der Waals surface area contributed by atoms with Crippen molar-refractivity contribution < 1.29 is 19.4 Å². The van der Waals surface area contributed by atoms with Gasteiger partial charge in [-0.2, -0.15) is 0 Å². The average molecular weight is 387 g/mol. The molecule has 0 spiro atoms. The molecule has 0 aromatic carbocycles. The fourth-order valence-electron chi connectivity index (χ4n) is 3.19. The van der Waals surface area contributed by atoms with Gasteiger partial charge in [-0.15, -0.1) is 0 Å². The second-order valence-electron chi connectivity index (χ2n) is 7.72. The fourth-order valence-corrected chi connectivity index (χ4v) is 3.19. The van der Waals surface area contributed by atoms with Crippen LogP contribution >= 0.6 is 0 Å². The van der Waals surface area contributed by atoms with Crippen LogP contribution in [0.15, 0.2) is 0 Å². The number of unbranched alkanes of at least 4 members (excludes halogenated alkanes) is 13. The quantitative estimate of drug-likeness (QED) is 0.189. The number of aliphatic hydroxyl groups excluding tert-OH is 1. The molecule has 4 heteroatoms. The molecule has 0 aliphatic heterocycles. The number of carbonyl (C=O) groups is 1. The standard InChI is InChI=1S/C23H46O4/c1-3-5-6-7-8-9-10-11-12-13-14-15-16-17-19-26-21-22(20-24)27-23(25)18-4-2/h22,24H,3-21H2,1-2H3/t22-/m0/s1. The summed E-state index contributed by atoms with van der Waals surface area (Å²) in [5.41, 5.74) is 0. The number of carbonyl (C=O) groups excluding carboxylic acids is 1. The highest BCUT2D eigenvalue weighted by atomic mass is 16.6. The number of ether oxygens (including phenoxy) is 2. The fraction of sp³-hybridized carbons (Fsp3) is 0.957. The molecule has 1 N–H and O–H groups in total. The predicted octanol–water partition coefficient (Wildman–Crippen LogP) is 6.19. The molecule has 4 nitrogen and oxygen atoms in total. The number of aliphatic hydroxyl groups is 1. The Morgan fingerprint density at radius 1 is 0.741 bits per heavy atom. The lowest BCUT2D eigenvalue weighted by molar-refractivity contribution is -0.154. The average Bonchev–Trinajstić information content (AvgIpc) is 2.66. The Morgan fingerprint density at radius 2 is 1.22 bits per heavy atom. The Labute approximate surface area is 168 Å². The summed E-state index contributed by atoms with van der Waals surface area (Å²) in [5.74, 6) is -0.253. The van der Waals surface area contributed by atoms with Crippen LogP contribution in [0.2, 0.25) is 0 Å². The first-order valence-electron chi connectivity index (χ1n) is 11.6. The summed E-state index contributed by atoms with van der Waals surface area (Å²) in [7, 11) is 0. The first-order chi connectivity index (χ1) is 13.2. The molecule has 0 aliphatic rings. The molecule has 0 aromatic rings. The molecule has 0 aliphatic carbocycles. The largest absolute Gasteiger partial charge is 0.457 e. The van der Waals surface area contributed by atoms with Gasteiger partial charge in [-0.1, -0.05) is 97.3 Å². The van der Waals surface area contributed by atoms with E-state index in [-0.39, 0.29) is 12.6 Å². The van der Waals surface area contributed by atoms with Gasteiger partial charge in [0.05, 0.1) is 13.2 Å². The SMILES string of the molecule is CCCCCCCCCCCCCCCCOC[C@H](CO)OC(=O)CCC. The van der Waals surface area contributed by atoms with Gasteiger partial charge in [-0.3, -0.25) is 4.79 Å². The van der Waals surface area contributed by atoms with Crippen LogP contribution < -0.4 is 0 Å².